The summed E-state index contributed by atoms with van der Waals surface area (Å²) >= 11 is 0. The molecule has 12 nitrogen and oxygen atoms in total. The van der Waals surface area contributed by atoms with Crippen LogP contribution in [-0.4, -0.2) is 98.1 Å². The maximum atomic E-state index is 13.4. The number of alkyl carbamates (subject to hydrolysis) is 1. The van der Waals surface area contributed by atoms with Crippen molar-refractivity contribution < 1.29 is 29.3 Å². The molecule has 3 aliphatic heterocycles. The van der Waals surface area contributed by atoms with Crippen LogP contribution < -0.4 is 5.32 Å². The molecule has 0 aliphatic carbocycles. The number of carbonyl (C=O) groups is 3. The number of carbonyl (C=O) groups excluding carboxylic acids is 3. The standard InChI is InChI=1S/C38H44N6O6/c1-22(23(2)45)36(47)43-17-5-7-32(43)31-20-28(21-39-31)27-14-11-25(12-15-27)9-10-26-13-16-29-30(19-26)41-35(40-29)33-8-6-18-44(33)37(48)34(24(3)46)42-38(49)50-4/h11-16,19,21-24,32-34,45-46H,5-8,17-18,20H2,1-4H3,(H,40,41)(H,42,49)/t22-,23+,24+,32-,33-,34-/m0/s1. The molecule has 1 aromatic heterocycles. The van der Waals surface area contributed by atoms with E-state index in [1.165, 1.54) is 14.0 Å². The minimum absolute atomic E-state index is 0.0147. The molecule has 12 heteroatoms. The summed E-state index contributed by atoms with van der Waals surface area (Å²) in [4.78, 5) is 54.5. The summed E-state index contributed by atoms with van der Waals surface area (Å²) in [5.41, 5.74) is 6.39. The maximum absolute atomic E-state index is 13.4. The number of H-pyrrole nitrogens is 1. The molecule has 2 saturated heterocycles. The van der Waals surface area contributed by atoms with Crippen LogP contribution in [0.4, 0.5) is 4.79 Å². The lowest BCUT2D eigenvalue weighted by Gasteiger charge is -2.29. The Morgan fingerprint density at radius 3 is 2.26 bits per heavy atom. The first-order valence-electron chi connectivity index (χ1n) is 17.2. The molecule has 2 fully saturated rings. The van der Waals surface area contributed by atoms with Crippen LogP contribution in [0.25, 0.3) is 16.6 Å². The molecule has 4 heterocycles. The van der Waals surface area contributed by atoms with Gasteiger partial charge in [-0.1, -0.05) is 30.9 Å². The second kappa shape index (κ2) is 14.9. The molecule has 3 aromatic rings. The van der Waals surface area contributed by atoms with Crippen LogP contribution in [-0.2, 0) is 14.3 Å². The van der Waals surface area contributed by atoms with Crippen LogP contribution in [0.15, 0.2) is 53.7 Å². The largest absolute Gasteiger partial charge is 0.453 e. The number of ether oxygens (including phenoxy) is 1. The highest BCUT2D eigenvalue weighted by Crippen LogP contribution is 2.33. The highest BCUT2D eigenvalue weighted by molar-refractivity contribution is 6.03. The number of allylic oxidation sites excluding steroid dienone is 1. The number of hydrogen-bond acceptors (Lipinski definition) is 8. The molecule has 0 unspecified atom stereocenters. The minimum atomic E-state index is -1.13. The first kappa shape index (κ1) is 34.9. The van der Waals surface area contributed by atoms with Gasteiger partial charge in [0.15, 0.2) is 0 Å². The van der Waals surface area contributed by atoms with Crippen molar-refractivity contribution >= 4 is 40.2 Å². The second-order valence-corrected chi connectivity index (χ2v) is 13.4. The number of imidazole rings is 1. The predicted octanol–water partition coefficient (Wildman–Crippen LogP) is 3.93. The summed E-state index contributed by atoms with van der Waals surface area (Å²) < 4.78 is 4.64. The minimum Gasteiger partial charge on any atom is -0.453 e. The predicted molar refractivity (Wildman–Crippen MR) is 189 cm³/mol. The molecule has 0 spiro atoms. The number of nitrogens with zero attached hydrogens (tertiary/aromatic N) is 4. The van der Waals surface area contributed by atoms with E-state index in [0.29, 0.717) is 31.8 Å². The lowest BCUT2D eigenvalue weighted by atomic mass is 9.97. The van der Waals surface area contributed by atoms with Gasteiger partial charge in [0.1, 0.15) is 11.9 Å². The molecule has 4 N–H and O–H groups in total. The van der Waals surface area contributed by atoms with Crippen molar-refractivity contribution in [2.45, 2.75) is 83.2 Å². The smallest absolute Gasteiger partial charge is 0.407 e. The Kier molecular flexibility index (Phi) is 10.4. The van der Waals surface area contributed by atoms with Gasteiger partial charge < -0.3 is 35.1 Å². The Morgan fingerprint density at radius 1 is 0.920 bits per heavy atom. The molecule has 0 radical (unpaired) electrons. The molecule has 3 aliphatic rings. The lowest BCUT2D eigenvalue weighted by Crippen LogP contribution is -2.53. The number of nitrogens with one attached hydrogen (secondary N) is 2. The summed E-state index contributed by atoms with van der Waals surface area (Å²) in [5, 5.41) is 22.6. The van der Waals surface area contributed by atoms with Crippen LogP contribution in [0, 0.1) is 17.8 Å². The van der Waals surface area contributed by atoms with Crippen molar-refractivity contribution in [3.05, 3.63) is 71.2 Å². The number of aliphatic hydroxyl groups excluding tert-OH is 2. The monoisotopic (exact) mass is 680 g/mol. The van der Waals surface area contributed by atoms with Gasteiger partial charge in [0.25, 0.3) is 0 Å². The summed E-state index contributed by atoms with van der Waals surface area (Å²) in [6.07, 6.45) is 3.30. The van der Waals surface area contributed by atoms with Crippen LogP contribution in [0.5, 0.6) is 0 Å². The zero-order chi connectivity index (χ0) is 35.5. The average molecular weight is 681 g/mol. The van der Waals surface area contributed by atoms with E-state index in [-0.39, 0.29) is 18.0 Å². The van der Waals surface area contributed by atoms with Crippen molar-refractivity contribution in [3.63, 3.8) is 0 Å². The number of aliphatic hydroxyl groups is 2. The summed E-state index contributed by atoms with van der Waals surface area (Å²) in [7, 11) is 1.21. The van der Waals surface area contributed by atoms with Gasteiger partial charge in [0.2, 0.25) is 11.8 Å². The van der Waals surface area contributed by atoms with Crippen molar-refractivity contribution in [1.29, 1.82) is 0 Å². The fourth-order valence-electron chi connectivity index (χ4n) is 6.92. The Bertz CT molecular complexity index is 1880. The lowest BCUT2D eigenvalue weighted by molar-refractivity contribution is -0.138. The molecule has 6 rings (SSSR count). The van der Waals surface area contributed by atoms with Gasteiger partial charge in [-0.05, 0) is 81.0 Å². The van der Waals surface area contributed by atoms with Crippen molar-refractivity contribution in [3.8, 4) is 11.8 Å². The zero-order valence-electron chi connectivity index (χ0n) is 28.8. The first-order valence-corrected chi connectivity index (χ1v) is 17.2. The molecular formula is C38H44N6O6. The number of likely N-dealkylation sites (tertiary alicyclic amines) is 2. The van der Waals surface area contributed by atoms with Crippen molar-refractivity contribution in [1.82, 2.24) is 25.1 Å². The van der Waals surface area contributed by atoms with Crippen molar-refractivity contribution in [2.75, 3.05) is 20.2 Å². The number of aliphatic imine (C=N–C) groups is 1. The number of rotatable bonds is 8. The molecule has 262 valence electrons. The molecule has 3 amide bonds. The molecule has 50 heavy (non-hydrogen) atoms. The normalized spacial score (nSPS) is 21.2. The van der Waals surface area contributed by atoms with E-state index in [9.17, 15) is 24.6 Å². The van der Waals surface area contributed by atoms with Crippen LogP contribution in [0.2, 0.25) is 0 Å². The number of aromatic nitrogens is 2. The fraction of sp³-hybridized carbons (Fsp3) is 0.447. The Balaban J connectivity index is 1.10. The Morgan fingerprint density at radius 2 is 1.58 bits per heavy atom. The van der Waals surface area contributed by atoms with Gasteiger partial charge in [-0.25, -0.2) is 9.78 Å². The highest BCUT2D eigenvalue weighted by atomic mass is 16.5. The van der Waals surface area contributed by atoms with E-state index in [4.69, 9.17) is 9.98 Å². The van der Waals surface area contributed by atoms with Gasteiger partial charge >= 0.3 is 6.09 Å². The third kappa shape index (κ3) is 7.29. The zero-order valence-corrected chi connectivity index (χ0v) is 28.8. The second-order valence-electron chi connectivity index (χ2n) is 13.4. The number of methoxy groups -OCH3 is 1. The third-order valence-electron chi connectivity index (χ3n) is 9.96. The quantitative estimate of drug-likeness (QED) is 0.262. The number of aromatic amines is 1. The SMILES string of the molecule is COC(=O)N[C@H](C(=O)N1CCC[C@H]1c1nc2ccc(C#Cc3ccc(C4=CN=C([C@@H]5CCCN5C(=O)[C@@H](C)[C@@H](C)O)C4)cc3)cc2[nH]1)[C@@H](C)O. The van der Waals surface area contributed by atoms with E-state index in [2.05, 4.69) is 26.9 Å². The van der Waals surface area contributed by atoms with Gasteiger partial charge in [0, 0.05) is 42.5 Å². The first-order chi connectivity index (χ1) is 24.0. The number of fused-ring (bicyclic) bond motifs is 1. The molecule has 0 saturated carbocycles. The van der Waals surface area contributed by atoms with E-state index in [0.717, 1.165) is 58.3 Å². The van der Waals surface area contributed by atoms with Crippen LogP contribution in [0.1, 0.15) is 81.4 Å². The van der Waals surface area contributed by atoms with Gasteiger partial charge in [-0.3, -0.25) is 14.6 Å². The maximum Gasteiger partial charge on any atom is 0.407 e. The number of benzene rings is 2. The average Bonchev–Trinajstić information content (AvgIpc) is 3.94. The van der Waals surface area contributed by atoms with E-state index in [1.807, 2.05) is 53.6 Å². The molecule has 2 aromatic carbocycles. The molecular weight excluding hydrogens is 636 g/mol. The van der Waals surface area contributed by atoms with E-state index >= 15 is 0 Å². The van der Waals surface area contributed by atoms with Gasteiger partial charge in [-0.15, -0.1) is 0 Å². The Labute approximate surface area is 291 Å². The van der Waals surface area contributed by atoms with Gasteiger partial charge in [-0.2, -0.15) is 0 Å². The van der Waals surface area contributed by atoms with Crippen LogP contribution >= 0.6 is 0 Å². The van der Waals surface area contributed by atoms with Crippen LogP contribution in [0.3, 0.4) is 0 Å². The van der Waals surface area contributed by atoms with E-state index in [1.54, 1.807) is 18.7 Å². The Hall–Kier alpha value is -4.99. The molecule has 0 bridgehead atoms. The fourth-order valence-corrected chi connectivity index (χ4v) is 6.92. The summed E-state index contributed by atoms with van der Waals surface area (Å²) in [5.74, 6) is 6.28. The topological polar surface area (TPSA) is 160 Å². The summed E-state index contributed by atoms with van der Waals surface area (Å²) in [6, 6.07) is 12.3. The number of hydrogen-bond donors (Lipinski definition) is 4. The number of amides is 3. The highest BCUT2D eigenvalue weighted by Gasteiger charge is 2.39. The summed E-state index contributed by atoms with van der Waals surface area (Å²) in [6.45, 7) is 6.07. The molecule has 6 atom stereocenters. The third-order valence-corrected chi connectivity index (χ3v) is 9.96. The van der Waals surface area contributed by atoms with E-state index < -0.39 is 36.2 Å². The van der Waals surface area contributed by atoms with Crippen molar-refractivity contribution in [2.24, 2.45) is 10.9 Å². The van der Waals surface area contributed by atoms with Gasteiger partial charge in [0.05, 0.1) is 48.4 Å².